The molecule has 3 heteroatoms. The molecule has 1 N–H and O–H groups in total. The van der Waals surface area contributed by atoms with E-state index in [4.69, 9.17) is 0 Å². The lowest BCUT2D eigenvalue weighted by atomic mass is 10.0. The third-order valence-corrected chi connectivity index (χ3v) is 3.38. The molecule has 1 nitrogen and oxygen atoms in total. The summed E-state index contributed by atoms with van der Waals surface area (Å²) in [6.45, 7) is 6.54. The molecule has 0 heterocycles. The van der Waals surface area contributed by atoms with Gasteiger partial charge in [-0.15, -0.1) is 0 Å². The van der Waals surface area contributed by atoms with E-state index in [1.807, 2.05) is 0 Å². The van der Waals surface area contributed by atoms with Crippen LogP contribution in [0.5, 0.6) is 0 Å². The molecule has 0 saturated carbocycles. The number of hydrogen-bond acceptors (Lipinski definition) is 1. The molecule has 0 unspecified atom stereocenters. The molecular weight excluding hydrogens is 282 g/mol. The highest BCUT2D eigenvalue weighted by Gasteiger charge is 2.10. The van der Waals surface area contributed by atoms with E-state index >= 15 is 0 Å². The predicted octanol–water partition coefficient (Wildman–Crippen LogP) is 4.63. The summed E-state index contributed by atoms with van der Waals surface area (Å²) in [5, 5.41) is 3.63. The normalized spacial score (nSPS) is 12.8. The molecule has 0 fully saturated rings. The molecule has 2 atom stereocenters. The van der Waals surface area contributed by atoms with Crippen LogP contribution < -0.4 is 5.32 Å². The van der Waals surface area contributed by atoms with Crippen LogP contribution in [0.2, 0.25) is 0 Å². The van der Waals surface area contributed by atoms with Gasteiger partial charge in [0.25, 0.3) is 0 Å². The number of hydrogen-bond donors (Lipinski definition) is 1. The summed E-state index contributed by atoms with van der Waals surface area (Å²) < 4.78 is 0. The predicted molar refractivity (Wildman–Crippen MR) is 98.3 cm³/mol. The van der Waals surface area contributed by atoms with Crippen molar-refractivity contribution in [3.05, 3.63) is 71.3 Å². The standard InChI is InChI=1S/C17H21N.2H2S/c1-13-9-11-17(12-10-13)15(3)18-14(2)16-7-5-4-6-8-16;;/h4-12,14-15,18H,1-3H3;2*1H2/t14-,15-;;/m0../s1. The fourth-order valence-corrected chi connectivity index (χ4v) is 2.16. The van der Waals surface area contributed by atoms with Crippen molar-refractivity contribution in [2.45, 2.75) is 32.9 Å². The van der Waals surface area contributed by atoms with Gasteiger partial charge in [-0.3, -0.25) is 0 Å². The molecule has 2 rings (SSSR count). The van der Waals surface area contributed by atoms with Gasteiger partial charge in [0.05, 0.1) is 0 Å². The lowest BCUT2D eigenvalue weighted by Gasteiger charge is -2.21. The number of aryl methyl sites for hydroxylation is 1. The lowest BCUT2D eigenvalue weighted by molar-refractivity contribution is 0.494. The summed E-state index contributed by atoms with van der Waals surface area (Å²) in [5.41, 5.74) is 3.97. The van der Waals surface area contributed by atoms with Gasteiger partial charge in [-0.1, -0.05) is 60.2 Å². The topological polar surface area (TPSA) is 12.0 Å². The van der Waals surface area contributed by atoms with Crippen LogP contribution in [0.1, 0.15) is 42.6 Å². The van der Waals surface area contributed by atoms with Crippen molar-refractivity contribution < 1.29 is 0 Å². The molecule has 2 aromatic carbocycles. The fourth-order valence-electron chi connectivity index (χ4n) is 2.16. The van der Waals surface area contributed by atoms with Crippen molar-refractivity contribution in [1.82, 2.24) is 5.32 Å². The van der Waals surface area contributed by atoms with Gasteiger partial charge >= 0.3 is 0 Å². The van der Waals surface area contributed by atoms with E-state index < -0.39 is 0 Å². The Morgan fingerprint density at radius 1 is 0.700 bits per heavy atom. The quantitative estimate of drug-likeness (QED) is 0.868. The number of nitrogens with one attached hydrogen (secondary N) is 1. The van der Waals surface area contributed by atoms with E-state index in [0.29, 0.717) is 12.1 Å². The van der Waals surface area contributed by atoms with Crippen molar-refractivity contribution in [1.29, 1.82) is 0 Å². The van der Waals surface area contributed by atoms with E-state index in [1.165, 1.54) is 16.7 Å². The first-order chi connectivity index (χ1) is 8.66. The monoisotopic (exact) mass is 307 g/mol. The van der Waals surface area contributed by atoms with Crippen LogP contribution in [0.3, 0.4) is 0 Å². The van der Waals surface area contributed by atoms with Gasteiger partial charge in [0.15, 0.2) is 0 Å². The maximum atomic E-state index is 3.63. The largest absolute Gasteiger partial charge is 0.304 e. The highest BCUT2D eigenvalue weighted by atomic mass is 32.1. The van der Waals surface area contributed by atoms with Gasteiger partial charge in [0, 0.05) is 12.1 Å². The summed E-state index contributed by atoms with van der Waals surface area (Å²) in [4.78, 5) is 0. The van der Waals surface area contributed by atoms with E-state index in [1.54, 1.807) is 0 Å². The van der Waals surface area contributed by atoms with Gasteiger partial charge in [-0.25, -0.2) is 0 Å². The Balaban J connectivity index is 0.00000180. The average molecular weight is 308 g/mol. The summed E-state index contributed by atoms with van der Waals surface area (Å²) in [5.74, 6) is 0. The molecule has 0 aromatic heterocycles. The average Bonchev–Trinajstić information content (AvgIpc) is 2.40. The summed E-state index contributed by atoms with van der Waals surface area (Å²) >= 11 is 0. The SMILES string of the molecule is Cc1ccc([C@H](C)N[C@@H](C)c2ccccc2)cc1.S.S. The van der Waals surface area contributed by atoms with Crippen molar-refractivity contribution in [2.24, 2.45) is 0 Å². The van der Waals surface area contributed by atoms with E-state index in [9.17, 15) is 0 Å². The lowest BCUT2D eigenvalue weighted by Crippen LogP contribution is -2.22. The van der Waals surface area contributed by atoms with E-state index in [2.05, 4.69) is 80.7 Å². The number of benzene rings is 2. The van der Waals surface area contributed by atoms with Gasteiger partial charge in [-0.2, -0.15) is 27.0 Å². The second kappa shape index (κ2) is 9.11. The Morgan fingerprint density at radius 3 is 1.65 bits per heavy atom. The highest BCUT2D eigenvalue weighted by molar-refractivity contribution is 7.59. The van der Waals surface area contributed by atoms with Crippen LogP contribution in [0.4, 0.5) is 0 Å². The first-order valence-electron chi connectivity index (χ1n) is 6.54. The van der Waals surface area contributed by atoms with E-state index in [-0.39, 0.29) is 27.0 Å². The zero-order valence-electron chi connectivity index (χ0n) is 12.4. The molecule has 0 spiro atoms. The molecule has 0 amide bonds. The minimum atomic E-state index is 0. The second-order valence-electron chi connectivity index (χ2n) is 4.93. The molecule has 0 aliphatic rings. The van der Waals surface area contributed by atoms with Crippen LogP contribution in [0.25, 0.3) is 0 Å². The Morgan fingerprint density at radius 2 is 1.15 bits per heavy atom. The van der Waals surface area contributed by atoms with Crippen LogP contribution >= 0.6 is 27.0 Å². The maximum absolute atomic E-state index is 3.63. The van der Waals surface area contributed by atoms with Crippen LogP contribution in [-0.2, 0) is 0 Å². The van der Waals surface area contributed by atoms with Crippen molar-refractivity contribution >= 4 is 27.0 Å². The molecule has 2 aromatic rings. The second-order valence-corrected chi connectivity index (χ2v) is 4.93. The smallest absolute Gasteiger partial charge is 0.0297 e. The molecule has 110 valence electrons. The van der Waals surface area contributed by atoms with Crippen molar-refractivity contribution in [2.75, 3.05) is 0 Å². The molecule has 0 saturated heterocycles. The van der Waals surface area contributed by atoms with E-state index in [0.717, 1.165) is 0 Å². The minimum absolute atomic E-state index is 0. The molecule has 0 bridgehead atoms. The third-order valence-electron chi connectivity index (χ3n) is 3.38. The van der Waals surface area contributed by atoms with Gasteiger partial charge in [0.2, 0.25) is 0 Å². The Bertz CT molecular complexity index is 482. The molecule has 0 aliphatic heterocycles. The molecule has 20 heavy (non-hydrogen) atoms. The number of rotatable bonds is 4. The van der Waals surface area contributed by atoms with Crippen molar-refractivity contribution in [3.63, 3.8) is 0 Å². The van der Waals surface area contributed by atoms with Crippen molar-refractivity contribution in [3.8, 4) is 0 Å². The molecule has 0 aliphatic carbocycles. The summed E-state index contributed by atoms with van der Waals surface area (Å²) in [6, 6.07) is 20.0. The Labute approximate surface area is 136 Å². The maximum Gasteiger partial charge on any atom is 0.0297 e. The van der Waals surface area contributed by atoms with Gasteiger partial charge in [0.1, 0.15) is 0 Å². The Kier molecular flexibility index (Phi) is 8.70. The molecule has 0 radical (unpaired) electrons. The zero-order valence-corrected chi connectivity index (χ0v) is 14.4. The van der Waals surface area contributed by atoms with Crippen LogP contribution in [0.15, 0.2) is 54.6 Å². The fraction of sp³-hybridized carbons (Fsp3) is 0.294. The summed E-state index contributed by atoms with van der Waals surface area (Å²) in [7, 11) is 0. The van der Waals surface area contributed by atoms with Crippen LogP contribution in [0, 0.1) is 6.92 Å². The third kappa shape index (κ3) is 5.23. The minimum Gasteiger partial charge on any atom is -0.304 e. The van der Waals surface area contributed by atoms with Crippen LogP contribution in [-0.4, -0.2) is 0 Å². The molecular formula is C17H25NS2. The first kappa shape index (κ1) is 19.1. The Hall–Kier alpha value is -0.900. The highest BCUT2D eigenvalue weighted by Crippen LogP contribution is 2.19. The zero-order chi connectivity index (χ0) is 13.0. The summed E-state index contributed by atoms with van der Waals surface area (Å²) in [6.07, 6.45) is 0. The van der Waals surface area contributed by atoms with Gasteiger partial charge in [-0.05, 0) is 31.9 Å². The first-order valence-corrected chi connectivity index (χ1v) is 6.54. The van der Waals surface area contributed by atoms with Gasteiger partial charge < -0.3 is 5.32 Å².